The number of halogens is 1. The minimum Gasteiger partial charge on any atom is -0.509 e. The molecule has 2 N–H and O–H groups in total. The van der Waals surface area contributed by atoms with Gasteiger partial charge in [0.1, 0.15) is 51.8 Å². The van der Waals surface area contributed by atoms with Gasteiger partial charge in [0.15, 0.2) is 5.58 Å². The van der Waals surface area contributed by atoms with Gasteiger partial charge >= 0.3 is 0 Å². The van der Waals surface area contributed by atoms with E-state index in [1.807, 2.05) is 18.2 Å². The summed E-state index contributed by atoms with van der Waals surface area (Å²) in [6.45, 7) is 0. The molecule has 0 atom stereocenters. The first kappa shape index (κ1) is 15.9. The van der Waals surface area contributed by atoms with Crippen molar-refractivity contribution in [2.75, 3.05) is 0 Å². The standard InChI is InChI=1S/C16H6B3ClN2O3/c17-8-7(13(23)10(19)14(24)9(8)18)12-15-11(21-16(20)22-12)5-3-1-2-4-6(5)25-15/h1-4,23-24H. The minimum absolute atomic E-state index is 0.0150. The molecule has 0 amide bonds. The van der Waals surface area contributed by atoms with E-state index in [0.717, 1.165) is 5.39 Å². The highest BCUT2D eigenvalue weighted by molar-refractivity contribution is 6.55. The molecule has 0 fully saturated rings. The Kier molecular flexibility index (Phi) is 3.47. The van der Waals surface area contributed by atoms with Gasteiger partial charge in [-0.2, -0.15) is 0 Å². The maximum atomic E-state index is 10.4. The number of furan rings is 1. The second-order valence-corrected chi connectivity index (χ2v) is 5.77. The van der Waals surface area contributed by atoms with Crippen LogP contribution < -0.4 is 16.4 Å². The van der Waals surface area contributed by atoms with Crippen molar-refractivity contribution in [1.29, 1.82) is 0 Å². The van der Waals surface area contributed by atoms with Crippen molar-refractivity contribution < 1.29 is 14.6 Å². The zero-order valence-corrected chi connectivity index (χ0v) is 13.4. The van der Waals surface area contributed by atoms with E-state index in [2.05, 4.69) is 9.97 Å². The number of hydrogen-bond donors (Lipinski definition) is 2. The summed E-state index contributed by atoms with van der Waals surface area (Å²) in [6, 6.07) is 7.21. The van der Waals surface area contributed by atoms with E-state index in [1.165, 1.54) is 0 Å². The first-order valence-corrected chi connectivity index (χ1v) is 7.51. The van der Waals surface area contributed by atoms with Crippen LogP contribution in [0.25, 0.3) is 33.3 Å². The third kappa shape index (κ3) is 2.21. The smallest absolute Gasteiger partial charge is 0.223 e. The van der Waals surface area contributed by atoms with Crippen LogP contribution in [0.1, 0.15) is 0 Å². The lowest BCUT2D eigenvalue weighted by Crippen LogP contribution is -2.33. The molecule has 6 radical (unpaired) electrons. The number of hydrogen-bond acceptors (Lipinski definition) is 5. The molecule has 0 bridgehead atoms. The number of benzene rings is 2. The molecule has 0 aliphatic carbocycles. The molecule has 0 saturated heterocycles. The average molecular weight is 342 g/mol. The number of fused-ring (bicyclic) bond motifs is 3. The lowest BCUT2D eigenvalue weighted by atomic mass is 9.72. The number of nitrogens with zero attached hydrogens (tertiary/aromatic N) is 2. The van der Waals surface area contributed by atoms with Gasteiger partial charge in [-0.05, 0) is 29.2 Å². The van der Waals surface area contributed by atoms with E-state index in [4.69, 9.17) is 39.6 Å². The number of aromatic hydroxyl groups is 2. The second kappa shape index (κ2) is 5.46. The predicted octanol–water partition coefficient (Wildman–Crippen LogP) is 0.489. The summed E-state index contributed by atoms with van der Waals surface area (Å²) in [6.07, 6.45) is 0. The van der Waals surface area contributed by atoms with Crippen LogP contribution in [-0.2, 0) is 0 Å². The first-order valence-electron chi connectivity index (χ1n) is 7.13. The van der Waals surface area contributed by atoms with Crippen LogP contribution in [0.15, 0.2) is 28.7 Å². The molecule has 0 aliphatic rings. The van der Waals surface area contributed by atoms with Crippen LogP contribution in [0.4, 0.5) is 0 Å². The molecule has 25 heavy (non-hydrogen) atoms. The fourth-order valence-electron chi connectivity index (χ4n) is 2.75. The summed E-state index contributed by atoms with van der Waals surface area (Å²) in [7, 11) is 17.5. The maximum Gasteiger partial charge on any atom is 0.223 e. The predicted molar refractivity (Wildman–Crippen MR) is 99.2 cm³/mol. The zero-order chi connectivity index (χ0) is 17.9. The molecule has 9 heteroatoms. The maximum absolute atomic E-state index is 10.4. The van der Waals surface area contributed by atoms with E-state index in [1.54, 1.807) is 6.07 Å². The highest BCUT2D eigenvalue weighted by Crippen LogP contribution is 2.36. The normalized spacial score (nSPS) is 11.4. The van der Waals surface area contributed by atoms with Gasteiger partial charge in [0.05, 0.1) is 0 Å². The van der Waals surface area contributed by atoms with E-state index in [-0.39, 0.29) is 38.5 Å². The first-order chi connectivity index (χ1) is 11.9. The highest BCUT2D eigenvalue weighted by Gasteiger charge is 2.23. The number of phenolic OH excluding ortho intramolecular Hbond substituents is 2. The quantitative estimate of drug-likeness (QED) is 0.389. The molecule has 0 spiro atoms. The van der Waals surface area contributed by atoms with Gasteiger partial charge < -0.3 is 14.6 Å². The number of phenols is 2. The lowest BCUT2D eigenvalue weighted by Gasteiger charge is -2.17. The highest BCUT2D eigenvalue weighted by atomic mass is 35.5. The largest absolute Gasteiger partial charge is 0.509 e. The van der Waals surface area contributed by atoms with E-state index >= 15 is 0 Å². The third-order valence-corrected chi connectivity index (χ3v) is 4.16. The number of rotatable bonds is 1. The van der Waals surface area contributed by atoms with Crippen LogP contribution in [0.2, 0.25) is 5.28 Å². The second-order valence-electron chi connectivity index (χ2n) is 5.43. The van der Waals surface area contributed by atoms with Gasteiger partial charge in [-0.1, -0.05) is 23.1 Å². The Labute approximate surface area is 150 Å². The molecule has 2 heterocycles. The molecule has 4 rings (SSSR count). The van der Waals surface area contributed by atoms with Gasteiger partial charge in [0.25, 0.3) is 0 Å². The van der Waals surface area contributed by atoms with Crippen molar-refractivity contribution in [2.24, 2.45) is 0 Å². The van der Waals surface area contributed by atoms with Crippen molar-refractivity contribution in [3.05, 3.63) is 29.5 Å². The van der Waals surface area contributed by atoms with Gasteiger partial charge in [-0.3, -0.25) is 0 Å². The monoisotopic (exact) mass is 342 g/mol. The summed E-state index contributed by atoms with van der Waals surface area (Å²) in [5, 5.41) is 20.9. The Morgan fingerprint density at radius 2 is 1.64 bits per heavy atom. The fourth-order valence-corrected chi connectivity index (χ4v) is 2.92. The Hall–Kier alpha value is -2.60. The van der Waals surface area contributed by atoms with Crippen LogP contribution in [0.3, 0.4) is 0 Å². The van der Waals surface area contributed by atoms with E-state index < -0.39 is 11.5 Å². The Morgan fingerprint density at radius 1 is 0.920 bits per heavy atom. The van der Waals surface area contributed by atoms with Gasteiger partial charge in [-0.25, -0.2) is 9.97 Å². The Bertz CT molecular complexity index is 1150. The summed E-state index contributed by atoms with van der Waals surface area (Å²) >= 11 is 6.05. The topological polar surface area (TPSA) is 79.4 Å². The third-order valence-electron chi connectivity index (χ3n) is 3.99. The molecule has 0 saturated carbocycles. The SMILES string of the molecule is [B]c1c([B])c(-c2nc(Cl)nc3c2oc2ccccc23)c(O)c([B])c1O. The van der Waals surface area contributed by atoms with Crippen molar-refractivity contribution in [1.82, 2.24) is 9.97 Å². The summed E-state index contributed by atoms with van der Waals surface area (Å²) in [5.41, 5.74) is 0.825. The minimum atomic E-state index is -0.500. The molecular weight excluding hydrogens is 336 g/mol. The van der Waals surface area contributed by atoms with Crippen molar-refractivity contribution >= 4 is 73.6 Å². The summed E-state index contributed by atoms with van der Waals surface area (Å²) in [4.78, 5) is 8.33. The zero-order valence-electron chi connectivity index (χ0n) is 12.6. The average Bonchev–Trinajstić information content (AvgIpc) is 2.97. The Balaban J connectivity index is 2.19. The Morgan fingerprint density at radius 3 is 2.40 bits per heavy atom. The van der Waals surface area contributed by atoms with Gasteiger partial charge in [0, 0.05) is 10.9 Å². The molecule has 5 nitrogen and oxygen atoms in total. The molecule has 0 aliphatic heterocycles. The van der Waals surface area contributed by atoms with Crippen molar-refractivity contribution in [3.8, 4) is 22.8 Å². The van der Waals surface area contributed by atoms with Crippen molar-refractivity contribution in [3.63, 3.8) is 0 Å². The fraction of sp³-hybridized carbons (Fsp3) is 0. The van der Waals surface area contributed by atoms with Crippen LogP contribution >= 0.6 is 11.6 Å². The molecule has 0 unspecified atom stereocenters. The molecule has 2 aromatic heterocycles. The number of para-hydroxylation sites is 1. The molecule has 114 valence electrons. The molecule has 4 aromatic rings. The van der Waals surface area contributed by atoms with Crippen molar-refractivity contribution in [2.45, 2.75) is 0 Å². The van der Waals surface area contributed by atoms with Gasteiger partial charge in [0.2, 0.25) is 5.28 Å². The molecular formula is C16H6B3ClN2O3. The number of aromatic nitrogens is 2. The summed E-state index contributed by atoms with van der Waals surface area (Å²) < 4.78 is 5.82. The van der Waals surface area contributed by atoms with E-state index in [9.17, 15) is 10.2 Å². The van der Waals surface area contributed by atoms with E-state index in [0.29, 0.717) is 11.1 Å². The van der Waals surface area contributed by atoms with Gasteiger partial charge in [-0.15, -0.1) is 0 Å². The van der Waals surface area contributed by atoms with Crippen LogP contribution in [0, 0.1) is 0 Å². The van der Waals surface area contributed by atoms with Crippen LogP contribution in [0.5, 0.6) is 11.5 Å². The lowest BCUT2D eigenvalue weighted by molar-refractivity contribution is 0.463. The summed E-state index contributed by atoms with van der Waals surface area (Å²) in [5.74, 6) is -0.972. The molecule has 2 aromatic carbocycles. The van der Waals surface area contributed by atoms with Crippen LogP contribution in [-0.4, -0.2) is 43.7 Å².